The van der Waals surface area contributed by atoms with Gasteiger partial charge in [-0.1, -0.05) is 67.8 Å². The molecule has 2 aromatic rings. The van der Waals surface area contributed by atoms with Gasteiger partial charge in [-0.2, -0.15) is 0 Å². The predicted octanol–water partition coefficient (Wildman–Crippen LogP) is 5.01. The van der Waals surface area contributed by atoms with Gasteiger partial charge < -0.3 is 9.84 Å². The van der Waals surface area contributed by atoms with E-state index in [0.29, 0.717) is 38.7 Å². The van der Waals surface area contributed by atoms with E-state index in [0.717, 1.165) is 6.42 Å². The fourth-order valence-corrected chi connectivity index (χ4v) is 9.68. The highest BCUT2D eigenvalue weighted by molar-refractivity contribution is 8.10. The molecule has 3 rings (SSSR count). The zero-order valence-corrected chi connectivity index (χ0v) is 22.6. The summed E-state index contributed by atoms with van der Waals surface area (Å²) in [6.45, 7) is 0.332. The standard InChI is InChI=1S/C28H36O7S2/c29-24-14-5-4-12-23-35-27(30)20-10-3-11-21-28(22-13-15-24,36(31,32)25-16-6-1-7-17-25)37(33,34)26-18-8-2-9-19-26/h1-2,6-9,13,15-19,24,29H,3-5,10-12,14,20-23H2/b15-13+. The minimum Gasteiger partial charge on any atom is -0.466 e. The Balaban J connectivity index is 2.10. The van der Waals surface area contributed by atoms with Crippen LogP contribution in [0.15, 0.2) is 82.6 Å². The van der Waals surface area contributed by atoms with Gasteiger partial charge in [-0.25, -0.2) is 16.8 Å². The molecule has 9 heteroatoms. The van der Waals surface area contributed by atoms with Gasteiger partial charge in [0.2, 0.25) is 0 Å². The van der Waals surface area contributed by atoms with Crippen LogP contribution in [0.25, 0.3) is 0 Å². The van der Waals surface area contributed by atoms with Crippen LogP contribution in [0.5, 0.6) is 0 Å². The summed E-state index contributed by atoms with van der Waals surface area (Å²) in [6, 6.07) is 15.3. The van der Waals surface area contributed by atoms with Crippen LogP contribution in [-0.2, 0) is 29.2 Å². The molecule has 0 fully saturated rings. The lowest BCUT2D eigenvalue weighted by Gasteiger charge is -2.32. The number of allylic oxidation sites excluding steroid dienone is 1. The molecule has 1 aliphatic rings. The summed E-state index contributed by atoms with van der Waals surface area (Å²) in [4.78, 5) is 11.9. The maximum absolute atomic E-state index is 14.2. The highest BCUT2D eigenvalue weighted by Gasteiger charge is 2.54. The van der Waals surface area contributed by atoms with Gasteiger partial charge in [0.15, 0.2) is 23.8 Å². The molecule has 1 N–H and O–H groups in total. The topological polar surface area (TPSA) is 115 Å². The van der Waals surface area contributed by atoms with Crippen molar-refractivity contribution in [2.75, 3.05) is 6.61 Å². The predicted molar refractivity (Wildman–Crippen MR) is 142 cm³/mol. The average molecular weight is 549 g/mol. The van der Waals surface area contributed by atoms with Gasteiger partial charge in [0.05, 0.1) is 22.5 Å². The van der Waals surface area contributed by atoms with E-state index in [1.165, 1.54) is 36.4 Å². The minimum atomic E-state index is -4.39. The van der Waals surface area contributed by atoms with Gasteiger partial charge in [0, 0.05) is 12.8 Å². The number of hydrogen-bond acceptors (Lipinski definition) is 7. The molecule has 37 heavy (non-hydrogen) atoms. The number of carbonyl (C=O) groups excluding carboxylic acids is 1. The van der Waals surface area contributed by atoms with Gasteiger partial charge in [0.25, 0.3) is 0 Å². The fraction of sp³-hybridized carbons (Fsp3) is 0.464. The molecular weight excluding hydrogens is 512 g/mol. The maximum atomic E-state index is 14.2. The molecule has 1 aliphatic heterocycles. The van der Waals surface area contributed by atoms with Gasteiger partial charge in [-0.15, -0.1) is 0 Å². The Morgan fingerprint density at radius 2 is 1.32 bits per heavy atom. The second-order valence-corrected chi connectivity index (χ2v) is 14.2. The maximum Gasteiger partial charge on any atom is 0.305 e. The number of esters is 1. The molecule has 0 spiro atoms. The normalized spacial score (nSPS) is 21.9. The quantitative estimate of drug-likeness (QED) is 0.422. The summed E-state index contributed by atoms with van der Waals surface area (Å²) in [6.07, 6.45) is 5.72. The third-order valence-corrected chi connectivity index (χ3v) is 12.5. The summed E-state index contributed by atoms with van der Waals surface area (Å²) in [5, 5.41) is 10.4. The van der Waals surface area contributed by atoms with Crippen molar-refractivity contribution < 1.29 is 31.5 Å². The van der Waals surface area contributed by atoms with Crippen LogP contribution in [0.1, 0.15) is 64.2 Å². The first-order valence-corrected chi connectivity index (χ1v) is 15.8. The first-order chi connectivity index (χ1) is 17.7. The first-order valence-electron chi connectivity index (χ1n) is 12.8. The molecule has 0 aromatic heterocycles. The zero-order chi connectivity index (χ0) is 26.8. The van der Waals surface area contributed by atoms with Crippen molar-refractivity contribution in [3.8, 4) is 0 Å². The van der Waals surface area contributed by atoms with Crippen molar-refractivity contribution in [3.63, 3.8) is 0 Å². The summed E-state index contributed by atoms with van der Waals surface area (Å²) in [5.74, 6) is -0.314. The molecule has 202 valence electrons. The SMILES string of the molecule is O=C1CCCCCC(S(=O)(=O)c2ccccc2)(S(=O)(=O)c2ccccc2)C/C=C/C(O)CCCCCO1. The molecular formula is C28H36O7S2. The number of sulfone groups is 2. The molecule has 0 saturated heterocycles. The van der Waals surface area contributed by atoms with Crippen molar-refractivity contribution in [1.29, 1.82) is 0 Å². The van der Waals surface area contributed by atoms with E-state index >= 15 is 0 Å². The third kappa shape index (κ3) is 7.09. The van der Waals surface area contributed by atoms with Crippen molar-refractivity contribution in [2.45, 2.75) is 84.2 Å². The van der Waals surface area contributed by atoms with Crippen LogP contribution in [0.3, 0.4) is 0 Å². The molecule has 0 radical (unpaired) electrons. The van der Waals surface area contributed by atoms with E-state index in [2.05, 4.69) is 0 Å². The Kier molecular flexibility index (Phi) is 10.5. The lowest BCUT2D eigenvalue weighted by Crippen LogP contribution is -2.46. The Morgan fingerprint density at radius 1 is 0.757 bits per heavy atom. The average Bonchev–Trinajstić information content (AvgIpc) is 2.90. The van der Waals surface area contributed by atoms with Gasteiger partial charge in [-0.05, 0) is 56.4 Å². The van der Waals surface area contributed by atoms with E-state index in [4.69, 9.17) is 4.74 Å². The Labute approximate surface area is 220 Å². The first kappa shape index (κ1) is 29.1. The number of carbonyl (C=O) groups is 1. The van der Waals surface area contributed by atoms with Crippen molar-refractivity contribution >= 4 is 25.6 Å². The van der Waals surface area contributed by atoms with Crippen LogP contribution < -0.4 is 0 Å². The number of ether oxygens (including phenoxy) is 1. The molecule has 7 nitrogen and oxygen atoms in total. The Morgan fingerprint density at radius 3 is 1.92 bits per heavy atom. The van der Waals surface area contributed by atoms with Crippen molar-refractivity contribution in [1.82, 2.24) is 0 Å². The second kappa shape index (κ2) is 13.3. The highest BCUT2D eigenvalue weighted by Crippen LogP contribution is 2.43. The van der Waals surface area contributed by atoms with Gasteiger partial charge in [-0.3, -0.25) is 4.79 Å². The monoisotopic (exact) mass is 548 g/mol. The van der Waals surface area contributed by atoms with Gasteiger partial charge in [0.1, 0.15) is 0 Å². The Bertz CT molecular complexity index is 1170. The van der Waals surface area contributed by atoms with E-state index < -0.39 is 29.9 Å². The fourth-order valence-electron chi connectivity index (χ4n) is 4.60. The van der Waals surface area contributed by atoms with E-state index in [1.807, 2.05) is 0 Å². The summed E-state index contributed by atoms with van der Waals surface area (Å²) >= 11 is 0. The van der Waals surface area contributed by atoms with Crippen LogP contribution in [0, 0.1) is 0 Å². The molecule has 1 heterocycles. The van der Waals surface area contributed by atoms with Crippen LogP contribution in [0.2, 0.25) is 0 Å². The molecule has 0 aliphatic carbocycles. The van der Waals surface area contributed by atoms with Crippen molar-refractivity contribution in [2.24, 2.45) is 0 Å². The lowest BCUT2D eigenvalue weighted by atomic mass is 10.1. The number of aliphatic hydroxyl groups excluding tert-OH is 1. The minimum absolute atomic E-state index is 0.0714. The number of benzene rings is 2. The highest BCUT2D eigenvalue weighted by atomic mass is 32.3. The van der Waals surface area contributed by atoms with Crippen LogP contribution in [0.4, 0.5) is 0 Å². The number of cyclic esters (lactones) is 1. The Hall–Kier alpha value is -2.49. The lowest BCUT2D eigenvalue weighted by molar-refractivity contribution is -0.143. The molecule has 0 saturated carbocycles. The summed E-state index contributed by atoms with van der Waals surface area (Å²) < 4.78 is 59.9. The van der Waals surface area contributed by atoms with E-state index in [9.17, 15) is 26.7 Å². The summed E-state index contributed by atoms with van der Waals surface area (Å²) in [5.41, 5.74) is 0. The van der Waals surface area contributed by atoms with E-state index in [-0.39, 0.29) is 41.4 Å². The van der Waals surface area contributed by atoms with E-state index in [1.54, 1.807) is 36.4 Å². The van der Waals surface area contributed by atoms with Gasteiger partial charge >= 0.3 is 5.97 Å². The number of hydrogen-bond donors (Lipinski definition) is 1. The van der Waals surface area contributed by atoms with Crippen LogP contribution >= 0.6 is 0 Å². The molecule has 2 aromatic carbocycles. The molecule has 0 amide bonds. The summed E-state index contributed by atoms with van der Waals surface area (Å²) in [7, 11) is -8.79. The molecule has 0 bridgehead atoms. The number of rotatable bonds is 4. The van der Waals surface area contributed by atoms with Crippen molar-refractivity contribution in [3.05, 3.63) is 72.8 Å². The zero-order valence-electron chi connectivity index (χ0n) is 21.0. The third-order valence-electron chi connectivity index (χ3n) is 6.72. The van der Waals surface area contributed by atoms with Crippen LogP contribution in [-0.4, -0.2) is 44.7 Å². The second-order valence-electron chi connectivity index (χ2n) is 9.37. The number of aliphatic hydroxyl groups is 1. The molecule has 1 atom stereocenters. The largest absolute Gasteiger partial charge is 0.466 e. The molecule has 1 unspecified atom stereocenters. The smallest absolute Gasteiger partial charge is 0.305 e.